The van der Waals surface area contributed by atoms with Gasteiger partial charge in [-0.2, -0.15) is 0 Å². The van der Waals surface area contributed by atoms with E-state index in [0.717, 1.165) is 17.8 Å². The highest BCUT2D eigenvalue weighted by molar-refractivity contribution is 5.20. The molecule has 17 heavy (non-hydrogen) atoms. The average Bonchev–Trinajstić information content (AvgIpc) is 2.90. The van der Waals surface area contributed by atoms with Gasteiger partial charge in [0.15, 0.2) is 0 Å². The minimum absolute atomic E-state index is 0.403. The Morgan fingerprint density at radius 2 is 1.82 bits per heavy atom. The van der Waals surface area contributed by atoms with Crippen LogP contribution in [0.4, 0.5) is 0 Å². The predicted molar refractivity (Wildman–Crippen MR) is 70.7 cm³/mol. The molecule has 2 saturated carbocycles. The summed E-state index contributed by atoms with van der Waals surface area (Å²) >= 11 is 0. The summed E-state index contributed by atoms with van der Waals surface area (Å²) in [4.78, 5) is 0. The van der Waals surface area contributed by atoms with Crippen molar-refractivity contribution in [1.29, 1.82) is 0 Å². The van der Waals surface area contributed by atoms with E-state index in [1.54, 1.807) is 5.57 Å². The van der Waals surface area contributed by atoms with Gasteiger partial charge in [-0.3, -0.25) is 0 Å². The monoisotopic (exact) mass is 234 g/mol. The topological polar surface area (TPSA) is 20.2 Å². The second-order valence-electron chi connectivity index (χ2n) is 6.50. The van der Waals surface area contributed by atoms with Crippen LogP contribution in [-0.2, 0) is 0 Å². The van der Waals surface area contributed by atoms with E-state index in [4.69, 9.17) is 0 Å². The van der Waals surface area contributed by atoms with Crippen LogP contribution < -0.4 is 0 Å². The molecular formula is C16H26O. The summed E-state index contributed by atoms with van der Waals surface area (Å²) in [6.07, 6.45) is 15.2. The van der Waals surface area contributed by atoms with Crippen molar-refractivity contribution in [2.45, 2.75) is 57.8 Å². The molecule has 0 aliphatic heterocycles. The van der Waals surface area contributed by atoms with E-state index < -0.39 is 0 Å². The number of allylic oxidation sites excluding steroid dienone is 1. The Balaban J connectivity index is 1.65. The first-order valence-corrected chi connectivity index (χ1v) is 7.70. The summed E-state index contributed by atoms with van der Waals surface area (Å²) in [5, 5.41) is 9.67. The Morgan fingerprint density at radius 1 is 1.00 bits per heavy atom. The van der Waals surface area contributed by atoms with Gasteiger partial charge in [0, 0.05) is 12.5 Å². The van der Waals surface area contributed by atoms with Gasteiger partial charge in [-0.05, 0) is 37.0 Å². The van der Waals surface area contributed by atoms with Crippen molar-refractivity contribution < 1.29 is 5.11 Å². The SMILES string of the molecule is OC[C@@H]1C(CC2CCCCC2)=C[C@H]2CCC[C@@H]12. The molecule has 0 heterocycles. The summed E-state index contributed by atoms with van der Waals surface area (Å²) in [7, 11) is 0. The van der Waals surface area contributed by atoms with Crippen molar-refractivity contribution in [2.24, 2.45) is 23.7 Å². The lowest BCUT2D eigenvalue weighted by Gasteiger charge is -2.26. The van der Waals surface area contributed by atoms with E-state index >= 15 is 0 Å². The lowest BCUT2D eigenvalue weighted by molar-refractivity contribution is 0.194. The highest BCUT2D eigenvalue weighted by Gasteiger charge is 2.39. The van der Waals surface area contributed by atoms with Crippen LogP contribution >= 0.6 is 0 Å². The summed E-state index contributed by atoms with van der Waals surface area (Å²) in [5.41, 5.74) is 1.63. The molecule has 96 valence electrons. The van der Waals surface area contributed by atoms with Crippen LogP contribution in [0.1, 0.15) is 57.8 Å². The number of aliphatic hydroxyl groups is 1. The van der Waals surface area contributed by atoms with E-state index in [0.29, 0.717) is 12.5 Å². The van der Waals surface area contributed by atoms with Crippen molar-refractivity contribution in [3.8, 4) is 0 Å². The van der Waals surface area contributed by atoms with Gasteiger partial charge < -0.3 is 5.11 Å². The molecular weight excluding hydrogens is 208 g/mol. The molecule has 2 fully saturated rings. The van der Waals surface area contributed by atoms with Gasteiger partial charge in [0.05, 0.1) is 0 Å². The molecule has 0 unspecified atom stereocenters. The van der Waals surface area contributed by atoms with Crippen molar-refractivity contribution in [1.82, 2.24) is 0 Å². The highest BCUT2D eigenvalue weighted by atomic mass is 16.3. The Labute approximate surface area is 105 Å². The third kappa shape index (κ3) is 2.31. The van der Waals surface area contributed by atoms with Crippen molar-refractivity contribution >= 4 is 0 Å². The van der Waals surface area contributed by atoms with Crippen LogP contribution in [0.25, 0.3) is 0 Å². The second kappa shape index (κ2) is 5.14. The molecule has 3 aliphatic rings. The Morgan fingerprint density at radius 3 is 2.59 bits per heavy atom. The van der Waals surface area contributed by atoms with E-state index in [-0.39, 0.29) is 0 Å². The molecule has 1 N–H and O–H groups in total. The minimum Gasteiger partial charge on any atom is -0.396 e. The van der Waals surface area contributed by atoms with Crippen LogP contribution in [0.2, 0.25) is 0 Å². The van der Waals surface area contributed by atoms with Gasteiger partial charge >= 0.3 is 0 Å². The first-order valence-electron chi connectivity index (χ1n) is 7.70. The van der Waals surface area contributed by atoms with Crippen LogP contribution in [0, 0.1) is 23.7 Å². The summed E-state index contributed by atoms with van der Waals surface area (Å²) in [6.45, 7) is 0.403. The number of rotatable bonds is 3. The first-order chi connectivity index (χ1) is 8.38. The molecule has 0 saturated heterocycles. The van der Waals surface area contributed by atoms with Crippen molar-refractivity contribution in [3.63, 3.8) is 0 Å². The van der Waals surface area contributed by atoms with E-state index in [1.807, 2.05) is 0 Å². The van der Waals surface area contributed by atoms with Gasteiger partial charge in [0.2, 0.25) is 0 Å². The lowest BCUT2D eigenvalue weighted by atomic mass is 9.80. The molecule has 3 aliphatic carbocycles. The fourth-order valence-electron chi connectivity index (χ4n) is 4.59. The Bertz CT molecular complexity index is 288. The third-order valence-corrected chi connectivity index (χ3v) is 5.49. The number of hydrogen-bond donors (Lipinski definition) is 1. The summed E-state index contributed by atoms with van der Waals surface area (Å²) in [6, 6.07) is 0. The molecule has 0 aromatic heterocycles. The maximum atomic E-state index is 9.67. The third-order valence-electron chi connectivity index (χ3n) is 5.49. The zero-order chi connectivity index (χ0) is 11.7. The predicted octanol–water partition coefficient (Wildman–Crippen LogP) is 3.92. The maximum absolute atomic E-state index is 9.67. The van der Waals surface area contributed by atoms with Gasteiger partial charge in [-0.15, -0.1) is 0 Å². The van der Waals surface area contributed by atoms with Crippen LogP contribution in [-0.4, -0.2) is 11.7 Å². The minimum atomic E-state index is 0.403. The number of fused-ring (bicyclic) bond motifs is 1. The average molecular weight is 234 g/mol. The smallest absolute Gasteiger partial charge is 0.0499 e. The second-order valence-corrected chi connectivity index (χ2v) is 6.50. The number of hydrogen-bond acceptors (Lipinski definition) is 1. The largest absolute Gasteiger partial charge is 0.396 e. The standard InChI is InChI=1S/C16H26O/c17-11-16-14(9-12-5-2-1-3-6-12)10-13-7-4-8-15(13)16/h10,12-13,15-17H,1-9,11H2/t13-,15-,16-/m1/s1. The van der Waals surface area contributed by atoms with Crippen LogP contribution in [0.3, 0.4) is 0 Å². The van der Waals surface area contributed by atoms with E-state index in [9.17, 15) is 5.11 Å². The zero-order valence-electron chi connectivity index (χ0n) is 10.9. The van der Waals surface area contributed by atoms with Crippen molar-refractivity contribution in [3.05, 3.63) is 11.6 Å². The molecule has 3 atom stereocenters. The number of aliphatic hydroxyl groups excluding tert-OH is 1. The van der Waals surface area contributed by atoms with Crippen LogP contribution in [0.5, 0.6) is 0 Å². The van der Waals surface area contributed by atoms with Gasteiger partial charge in [-0.25, -0.2) is 0 Å². The molecule has 3 rings (SSSR count). The Kier molecular flexibility index (Phi) is 3.56. The molecule has 0 aromatic carbocycles. The molecule has 0 spiro atoms. The molecule has 1 heteroatoms. The van der Waals surface area contributed by atoms with E-state index in [1.165, 1.54) is 57.8 Å². The molecule has 0 bridgehead atoms. The fourth-order valence-corrected chi connectivity index (χ4v) is 4.59. The molecule has 0 radical (unpaired) electrons. The Hall–Kier alpha value is -0.300. The molecule has 1 nitrogen and oxygen atoms in total. The maximum Gasteiger partial charge on any atom is 0.0499 e. The van der Waals surface area contributed by atoms with Crippen molar-refractivity contribution in [2.75, 3.05) is 6.61 Å². The van der Waals surface area contributed by atoms with Gasteiger partial charge in [-0.1, -0.05) is 50.2 Å². The summed E-state index contributed by atoms with van der Waals surface area (Å²) in [5.74, 6) is 3.09. The van der Waals surface area contributed by atoms with Gasteiger partial charge in [0.25, 0.3) is 0 Å². The molecule has 0 aromatic rings. The van der Waals surface area contributed by atoms with Crippen LogP contribution in [0.15, 0.2) is 11.6 Å². The highest BCUT2D eigenvalue weighted by Crippen LogP contribution is 2.48. The van der Waals surface area contributed by atoms with Gasteiger partial charge in [0.1, 0.15) is 0 Å². The molecule has 0 amide bonds. The zero-order valence-corrected chi connectivity index (χ0v) is 10.9. The van der Waals surface area contributed by atoms with E-state index in [2.05, 4.69) is 6.08 Å². The summed E-state index contributed by atoms with van der Waals surface area (Å²) < 4.78 is 0. The normalized spacial score (nSPS) is 38.2. The quantitative estimate of drug-likeness (QED) is 0.734. The first kappa shape index (κ1) is 11.8. The lowest BCUT2D eigenvalue weighted by Crippen LogP contribution is -2.18. The fraction of sp³-hybridized carbons (Fsp3) is 0.875.